The second kappa shape index (κ2) is 8.54. The fraction of sp³-hybridized carbons (Fsp3) is 0.190. The van der Waals surface area contributed by atoms with Crippen molar-refractivity contribution in [1.29, 1.82) is 0 Å². The van der Waals surface area contributed by atoms with Crippen LogP contribution in [-0.2, 0) is 6.54 Å². The number of H-pyrrole nitrogens is 1. The zero-order chi connectivity index (χ0) is 20.3. The highest BCUT2D eigenvalue weighted by Gasteiger charge is 2.15. The summed E-state index contributed by atoms with van der Waals surface area (Å²) in [5.41, 5.74) is 1.75. The monoisotopic (exact) mass is 413 g/mol. The number of aromatic amines is 1. The summed E-state index contributed by atoms with van der Waals surface area (Å²) in [6.45, 7) is 5.97. The zero-order valence-electron chi connectivity index (χ0n) is 15.4. The van der Waals surface area contributed by atoms with Gasteiger partial charge in [-0.2, -0.15) is 0 Å². The van der Waals surface area contributed by atoms with Crippen LogP contribution in [0.25, 0.3) is 10.9 Å². The van der Waals surface area contributed by atoms with Gasteiger partial charge in [-0.25, -0.2) is 0 Å². The minimum Gasteiger partial charge on any atom is -0.345 e. The van der Waals surface area contributed by atoms with E-state index in [-0.39, 0.29) is 17.5 Å². The van der Waals surface area contributed by atoms with Gasteiger partial charge in [0.1, 0.15) is 0 Å². The number of nitrogens with one attached hydrogen (secondary N) is 2. The molecule has 3 rings (SSSR count). The minimum absolute atomic E-state index is 0.139. The lowest BCUT2D eigenvalue weighted by Crippen LogP contribution is -2.28. The Kier molecular flexibility index (Phi) is 6.11. The molecule has 2 aromatic carbocycles. The summed E-state index contributed by atoms with van der Waals surface area (Å²) in [6, 6.07) is 12.2. The van der Waals surface area contributed by atoms with Gasteiger partial charge < -0.3 is 10.3 Å². The fourth-order valence-corrected chi connectivity index (χ4v) is 3.44. The second-order valence-corrected chi connectivity index (χ2v) is 7.20. The van der Waals surface area contributed by atoms with Gasteiger partial charge in [-0.05, 0) is 54.5 Å². The molecule has 0 saturated heterocycles. The average Bonchev–Trinajstić information content (AvgIpc) is 2.69. The topological polar surface area (TPSA) is 66.9 Å². The fourth-order valence-electron chi connectivity index (χ4n) is 3.05. The molecule has 0 aliphatic rings. The maximum Gasteiger partial charge on any atom is 0.262 e. The first-order chi connectivity index (χ1) is 13.4. The molecule has 144 valence electrons. The minimum atomic E-state index is -0.224. The Labute approximate surface area is 172 Å². The lowest BCUT2D eigenvalue weighted by Gasteiger charge is -2.18. The number of aromatic nitrogens is 2. The normalized spacial score (nSPS) is 11.9. The molecular formula is C21H20ClN3O2S. The first kappa shape index (κ1) is 20.0. The van der Waals surface area contributed by atoms with Gasteiger partial charge in [-0.15, -0.1) is 6.58 Å². The molecule has 0 aliphatic heterocycles. The highest BCUT2D eigenvalue weighted by atomic mass is 35.5. The van der Waals surface area contributed by atoms with E-state index in [1.54, 1.807) is 36.4 Å². The summed E-state index contributed by atoms with van der Waals surface area (Å²) < 4.78 is 1.72. The quantitative estimate of drug-likeness (QED) is 0.451. The van der Waals surface area contributed by atoms with Crippen molar-refractivity contribution in [2.75, 3.05) is 0 Å². The average molecular weight is 414 g/mol. The van der Waals surface area contributed by atoms with Crippen molar-refractivity contribution in [1.82, 2.24) is 14.9 Å². The molecule has 0 spiro atoms. The van der Waals surface area contributed by atoms with E-state index in [9.17, 15) is 9.59 Å². The molecule has 1 heterocycles. The lowest BCUT2D eigenvalue weighted by molar-refractivity contribution is 0.0935. The number of carbonyl (C=O) groups excluding carboxylic acids is 1. The first-order valence-corrected chi connectivity index (χ1v) is 9.67. The molecule has 3 aromatic rings. The van der Waals surface area contributed by atoms with E-state index in [1.165, 1.54) is 4.57 Å². The van der Waals surface area contributed by atoms with Gasteiger partial charge >= 0.3 is 0 Å². The second-order valence-electron chi connectivity index (χ2n) is 6.38. The maximum atomic E-state index is 12.8. The molecule has 7 heteroatoms. The van der Waals surface area contributed by atoms with Crippen LogP contribution in [0.1, 0.15) is 35.3 Å². The molecule has 1 unspecified atom stereocenters. The van der Waals surface area contributed by atoms with E-state index >= 15 is 0 Å². The van der Waals surface area contributed by atoms with Gasteiger partial charge in [-0.3, -0.25) is 14.2 Å². The highest BCUT2D eigenvalue weighted by molar-refractivity contribution is 7.71. The van der Waals surface area contributed by atoms with Crippen LogP contribution in [0.15, 0.2) is 59.9 Å². The van der Waals surface area contributed by atoms with Crippen LogP contribution in [0, 0.1) is 4.77 Å². The van der Waals surface area contributed by atoms with E-state index in [4.69, 9.17) is 23.8 Å². The molecule has 1 amide bonds. The van der Waals surface area contributed by atoms with E-state index in [1.807, 2.05) is 19.1 Å². The summed E-state index contributed by atoms with van der Waals surface area (Å²) >= 11 is 11.2. The number of halogens is 1. The summed E-state index contributed by atoms with van der Waals surface area (Å²) in [6.07, 6.45) is 2.34. The molecule has 0 saturated carbocycles. The predicted octanol–water partition coefficient (Wildman–Crippen LogP) is 4.78. The van der Waals surface area contributed by atoms with Crippen LogP contribution >= 0.6 is 23.8 Å². The Bertz CT molecular complexity index is 1150. The maximum absolute atomic E-state index is 12.8. The molecule has 28 heavy (non-hydrogen) atoms. The van der Waals surface area contributed by atoms with Crippen LogP contribution < -0.4 is 10.9 Å². The Morgan fingerprint density at radius 2 is 2.04 bits per heavy atom. The number of nitrogens with zero attached hydrogens (tertiary/aromatic N) is 1. The van der Waals surface area contributed by atoms with Crippen LogP contribution in [0.3, 0.4) is 0 Å². The van der Waals surface area contributed by atoms with Crippen LogP contribution in [-0.4, -0.2) is 15.5 Å². The SMILES string of the molecule is C=CCn1c(=S)[nH]c2cc(C(=O)NC(CC)c3ccc(Cl)cc3)ccc2c1=O. The van der Waals surface area contributed by atoms with Gasteiger partial charge in [0.15, 0.2) is 4.77 Å². The van der Waals surface area contributed by atoms with E-state index in [0.29, 0.717) is 32.8 Å². The molecule has 2 N–H and O–H groups in total. The molecule has 0 fully saturated rings. The number of hydrogen-bond donors (Lipinski definition) is 2. The molecule has 0 bridgehead atoms. The van der Waals surface area contributed by atoms with Gasteiger partial charge in [-0.1, -0.05) is 36.7 Å². The third-order valence-corrected chi connectivity index (χ3v) is 5.12. The summed E-state index contributed by atoms with van der Waals surface area (Å²) in [4.78, 5) is 28.4. The van der Waals surface area contributed by atoms with Crippen LogP contribution in [0.2, 0.25) is 5.02 Å². The first-order valence-electron chi connectivity index (χ1n) is 8.88. The van der Waals surface area contributed by atoms with E-state index in [2.05, 4.69) is 16.9 Å². The molecular weight excluding hydrogens is 394 g/mol. The van der Waals surface area contributed by atoms with Crippen molar-refractivity contribution in [3.63, 3.8) is 0 Å². The van der Waals surface area contributed by atoms with Gasteiger partial charge in [0, 0.05) is 17.1 Å². The number of benzene rings is 2. The molecule has 5 nitrogen and oxygen atoms in total. The number of amides is 1. The Morgan fingerprint density at radius 1 is 1.32 bits per heavy atom. The Balaban J connectivity index is 1.92. The van der Waals surface area contributed by atoms with Crippen molar-refractivity contribution in [2.24, 2.45) is 0 Å². The molecule has 1 atom stereocenters. The van der Waals surface area contributed by atoms with Crippen molar-refractivity contribution < 1.29 is 4.79 Å². The van der Waals surface area contributed by atoms with Crippen LogP contribution in [0.4, 0.5) is 0 Å². The Hall–Kier alpha value is -2.70. The molecule has 0 radical (unpaired) electrons. The molecule has 0 aliphatic carbocycles. The smallest absolute Gasteiger partial charge is 0.262 e. The highest BCUT2D eigenvalue weighted by Crippen LogP contribution is 2.20. The third kappa shape index (κ3) is 4.08. The van der Waals surface area contributed by atoms with Gasteiger partial charge in [0.25, 0.3) is 11.5 Å². The summed E-state index contributed by atoms with van der Waals surface area (Å²) in [5.74, 6) is -0.224. The van der Waals surface area contributed by atoms with Crippen molar-refractivity contribution in [3.8, 4) is 0 Å². The number of allylic oxidation sites excluding steroid dienone is 1. The number of rotatable bonds is 6. The van der Waals surface area contributed by atoms with E-state index < -0.39 is 0 Å². The third-order valence-electron chi connectivity index (χ3n) is 4.54. The Morgan fingerprint density at radius 3 is 2.68 bits per heavy atom. The standard InChI is InChI=1S/C21H20ClN3O2S/c1-3-11-25-20(27)16-10-7-14(12-18(16)24-21(25)28)19(26)23-17(4-2)13-5-8-15(22)9-6-13/h3,5-10,12,17H,1,4,11H2,2H3,(H,23,26)(H,24,28). The van der Waals surface area contributed by atoms with E-state index in [0.717, 1.165) is 12.0 Å². The van der Waals surface area contributed by atoms with Crippen molar-refractivity contribution in [3.05, 3.63) is 86.4 Å². The molecule has 1 aromatic heterocycles. The lowest BCUT2D eigenvalue weighted by atomic mass is 10.0. The van der Waals surface area contributed by atoms with Gasteiger partial charge in [0.05, 0.1) is 16.9 Å². The number of carbonyl (C=O) groups is 1. The number of hydrogen-bond acceptors (Lipinski definition) is 3. The summed E-state index contributed by atoms with van der Waals surface area (Å²) in [5, 5.41) is 4.14. The number of fused-ring (bicyclic) bond motifs is 1. The predicted molar refractivity (Wildman–Crippen MR) is 116 cm³/mol. The van der Waals surface area contributed by atoms with Crippen LogP contribution in [0.5, 0.6) is 0 Å². The summed E-state index contributed by atoms with van der Waals surface area (Å²) in [7, 11) is 0. The van der Waals surface area contributed by atoms with Gasteiger partial charge in [0.2, 0.25) is 0 Å². The zero-order valence-corrected chi connectivity index (χ0v) is 16.9. The largest absolute Gasteiger partial charge is 0.345 e. The van der Waals surface area contributed by atoms with Crippen molar-refractivity contribution >= 4 is 40.6 Å². The van der Waals surface area contributed by atoms with Crippen molar-refractivity contribution in [2.45, 2.75) is 25.9 Å².